The molecule has 3 aromatic rings. The van der Waals surface area contributed by atoms with Gasteiger partial charge in [0.25, 0.3) is 0 Å². The van der Waals surface area contributed by atoms with Gasteiger partial charge >= 0.3 is 0 Å². The number of phenolic OH excluding ortho intramolecular Hbond substituents is 1. The van der Waals surface area contributed by atoms with Crippen molar-refractivity contribution in [3.8, 4) is 5.75 Å². The van der Waals surface area contributed by atoms with Gasteiger partial charge in [0.05, 0.1) is 0 Å². The normalized spacial score (nSPS) is 11.3. The van der Waals surface area contributed by atoms with Gasteiger partial charge in [0, 0.05) is 21.3 Å². The van der Waals surface area contributed by atoms with Crippen molar-refractivity contribution in [1.82, 2.24) is 0 Å². The predicted octanol–water partition coefficient (Wildman–Crippen LogP) is 4.05. The molecule has 0 radical (unpaired) electrons. The van der Waals surface area contributed by atoms with Gasteiger partial charge in [0.2, 0.25) is 0 Å². The number of phenols is 1. The van der Waals surface area contributed by atoms with Gasteiger partial charge in [-0.25, -0.2) is 0 Å². The highest BCUT2D eigenvalue weighted by Gasteiger charge is 2.10. The summed E-state index contributed by atoms with van der Waals surface area (Å²) in [7, 11) is 0. The van der Waals surface area contributed by atoms with Gasteiger partial charge in [-0.3, -0.25) is 0 Å². The maximum atomic E-state index is 9.45. The number of para-hydroxylation sites is 1. The first-order chi connectivity index (χ1) is 7.25. The molecule has 0 fully saturated rings. The standard InChI is InChI=1S/C12H7BrO2/c13-9-5-7(14)6-11-12(9)8-3-1-2-4-10(8)15-11/h1-6,14H. The van der Waals surface area contributed by atoms with Crippen molar-refractivity contribution in [2.24, 2.45) is 0 Å². The molecule has 0 spiro atoms. The third-order valence-corrected chi connectivity index (χ3v) is 3.04. The lowest BCUT2D eigenvalue weighted by Crippen LogP contribution is -1.70. The van der Waals surface area contributed by atoms with Crippen LogP contribution in [0.1, 0.15) is 0 Å². The smallest absolute Gasteiger partial charge is 0.140 e. The van der Waals surface area contributed by atoms with Crippen LogP contribution in [0.2, 0.25) is 0 Å². The monoisotopic (exact) mass is 262 g/mol. The molecule has 0 bridgehead atoms. The number of hydrogen-bond acceptors (Lipinski definition) is 2. The lowest BCUT2D eigenvalue weighted by molar-refractivity contribution is 0.474. The molecule has 2 nitrogen and oxygen atoms in total. The quantitative estimate of drug-likeness (QED) is 0.663. The Labute approximate surface area is 94.3 Å². The second-order valence-corrected chi connectivity index (χ2v) is 4.25. The first-order valence-electron chi connectivity index (χ1n) is 4.55. The van der Waals surface area contributed by atoms with Crippen LogP contribution in [0.15, 0.2) is 45.3 Å². The number of fused-ring (bicyclic) bond motifs is 3. The molecular formula is C12H7BrO2. The highest BCUT2D eigenvalue weighted by Crippen LogP contribution is 2.36. The highest BCUT2D eigenvalue weighted by atomic mass is 79.9. The van der Waals surface area contributed by atoms with Crippen LogP contribution in [0.3, 0.4) is 0 Å². The molecule has 1 heterocycles. The van der Waals surface area contributed by atoms with E-state index in [0.717, 1.165) is 20.8 Å². The lowest BCUT2D eigenvalue weighted by atomic mass is 10.1. The Hall–Kier alpha value is -1.48. The summed E-state index contributed by atoms with van der Waals surface area (Å²) in [6.45, 7) is 0. The van der Waals surface area contributed by atoms with Crippen molar-refractivity contribution in [3.05, 3.63) is 40.9 Å². The third kappa shape index (κ3) is 1.23. The molecule has 0 aliphatic carbocycles. The van der Waals surface area contributed by atoms with Crippen molar-refractivity contribution >= 4 is 37.9 Å². The maximum Gasteiger partial charge on any atom is 0.140 e. The van der Waals surface area contributed by atoms with E-state index in [1.54, 1.807) is 12.1 Å². The van der Waals surface area contributed by atoms with Gasteiger partial charge in [-0.1, -0.05) is 18.2 Å². The molecule has 0 aliphatic rings. The number of rotatable bonds is 0. The zero-order valence-corrected chi connectivity index (χ0v) is 9.28. The summed E-state index contributed by atoms with van der Waals surface area (Å²) >= 11 is 3.43. The van der Waals surface area contributed by atoms with Gasteiger partial charge < -0.3 is 9.52 Å². The lowest BCUT2D eigenvalue weighted by Gasteiger charge is -1.95. The molecule has 0 saturated carbocycles. The molecule has 0 atom stereocenters. The van der Waals surface area contributed by atoms with E-state index in [0.29, 0.717) is 5.58 Å². The van der Waals surface area contributed by atoms with Crippen LogP contribution >= 0.6 is 15.9 Å². The summed E-state index contributed by atoms with van der Waals surface area (Å²) in [4.78, 5) is 0. The third-order valence-electron chi connectivity index (χ3n) is 2.42. The minimum Gasteiger partial charge on any atom is -0.508 e. The first-order valence-corrected chi connectivity index (χ1v) is 5.35. The van der Waals surface area contributed by atoms with Crippen molar-refractivity contribution < 1.29 is 9.52 Å². The summed E-state index contributed by atoms with van der Waals surface area (Å²) in [5.74, 6) is 0.202. The first kappa shape index (κ1) is 8.80. The van der Waals surface area contributed by atoms with E-state index in [2.05, 4.69) is 15.9 Å². The van der Waals surface area contributed by atoms with Crippen molar-refractivity contribution in [1.29, 1.82) is 0 Å². The second-order valence-electron chi connectivity index (χ2n) is 3.40. The number of hydrogen-bond donors (Lipinski definition) is 1. The average molecular weight is 263 g/mol. The highest BCUT2D eigenvalue weighted by molar-refractivity contribution is 9.10. The summed E-state index contributed by atoms with van der Waals surface area (Å²) in [6, 6.07) is 11.1. The Kier molecular flexibility index (Phi) is 1.76. The Morgan fingerprint density at radius 3 is 2.73 bits per heavy atom. The summed E-state index contributed by atoms with van der Waals surface area (Å²) in [5, 5.41) is 11.5. The minimum atomic E-state index is 0.202. The fraction of sp³-hybridized carbons (Fsp3) is 0. The van der Waals surface area contributed by atoms with Gasteiger partial charge in [-0.2, -0.15) is 0 Å². The Morgan fingerprint density at radius 2 is 1.87 bits per heavy atom. The molecule has 1 N–H and O–H groups in total. The molecular weight excluding hydrogens is 256 g/mol. The van der Waals surface area contributed by atoms with Gasteiger partial charge in [0.15, 0.2) is 0 Å². The van der Waals surface area contributed by atoms with Crippen LogP contribution in [0.5, 0.6) is 5.75 Å². The SMILES string of the molecule is Oc1cc(Br)c2c(c1)oc1ccccc12. The van der Waals surface area contributed by atoms with Crippen molar-refractivity contribution in [2.75, 3.05) is 0 Å². The fourth-order valence-electron chi connectivity index (χ4n) is 1.79. The Balaban J connectivity index is 2.61. The molecule has 1 aromatic heterocycles. The van der Waals surface area contributed by atoms with Gasteiger partial charge in [0.1, 0.15) is 16.9 Å². The molecule has 15 heavy (non-hydrogen) atoms. The van der Waals surface area contributed by atoms with E-state index in [1.165, 1.54) is 0 Å². The van der Waals surface area contributed by atoms with E-state index in [1.807, 2.05) is 24.3 Å². The van der Waals surface area contributed by atoms with Gasteiger partial charge in [-0.15, -0.1) is 0 Å². The van der Waals surface area contributed by atoms with E-state index in [-0.39, 0.29) is 5.75 Å². The van der Waals surface area contributed by atoms with Crippen LogP contribution in [0.25, 0.3) is 21.9 Å². The Bertz CT molecular complexity index is 655. The largest absolute Gasteiger partial charge is 0.508 e. The molecule has 0 amide bonds. The molecule has 2 aromatic carbocycles. The van der Waals surface area contributed by atoms with Gasteiger partial charge in [-0.05, 0) is 28.1 Å². The van der Waals surface area contributed by atoms with Crippen LogP contribution in [-0.2, 0) is 0 Å². The zero-order chi connectivity index (χ0) is 10.4. The summed E-state index contributed by atoms with van der Waals surface area (Å²) in [6.07, 6.45) is 0. The molecule has 74 valence electrons. The van der Waals surface area contributed by atoms with Crippen LogP contribution < -0.4 is 0 Å². The summed E-state index contributed by atoms with van der Waals surface area (Å²) in [5.41, 5.74) is 1.53. The zero-order valence-electron chi connectivity index (χ0n) is 7.70. The van der Waals surface area contributed by atoms with Crippen molar-refractivity contribution in [3.63, 3.8) is 0 Å². The van der Waals surface area contributed by atoms with Crippen LogP contribution in [0, 0.1) is 0 Å². The number of aromatic hydroxyl groups is 1. The predicted molar refractivity (Wildman–Crippen MR) is 63.1 cm³/mol. The fourth-order valence-corrected chi connectivity index (χ4v) is 2.43. The van der Waals surface area contributed by atoms with E-state index < -0.39 is 0 Å². The molecule has 3 rings (SSSR count). The average Bonchev–Trinajstić information content (AvgIpc) is 2.54. The number of furan rings is 1. The number of halogens is 1. The molecule has 0 saturated heterocycles. The van der Waals surface area contributed by atoms with Crippen LogP contribution in [-0.4, -0.2) is 5.11 Å². The Morgan fingerprint density at radius 1 is 1.07 bits per heavy atom. The van der Waals surface area contributed by atoms with Crippen molar-refractivity contribution in [2.45, 2.75) is 0 Å². The topological polar surface area (TPSA) is 33.4 Å². The second kappa shape index (κ2) is 3.00. The molecule has 3 heteroatoms. The van der Waals surface area contributed by atoms with Crippen LogP contribution in [0.4, 0.5) is 0 Å². The maximum absolute atomic E-state index is 9.45. The molecule has 0 aliphatic heterocycles. The number of benzene rings is 2. The minimum absolute atomic E-state index is 0.202. The van der Waals surface area contributed by atoms with E-state index >= 15 is 0 Å². The molecule has 0 unspecified atom stereocenters. The summed E-state index contributed by atoms with van der Waals surface area (Å²) < 4.78 is 6.47. The van der Waals surface area contributed by atoms with E-state index in [4.69, 9.17) is 4.42 Å². The van der Waals surface area contributed by atoms with E-state index in [9.17, 15) is 5.11 Å².